The zero-order chi connectivity index (χ0) is 10.8. The lowest BCUT2D eigenvalue weighted by Crippen LogP contribution is -2.21. The van der Waals surface area contributed by atoms with Crippen molar-refractivity contribution >= 4 is 34.9 Å². The SMILES string of the molecule is CCc1csc(C2CSC(C)C(C)S2)n1. The Balaban J connectivity index is 2.05. The molecule has 1 aliphatic rings. The van der Waals surface area contributed by atoms with Crippen LogP contribution in [0.5, 0.6) is 0 Å². The molecule has 1 aromatic heterocycles. The van der Waals surface area contributed by atoms with Crippen LogP contribution in [0.25, 0.3) is 0 Å². The van der Waals surface area contributed by atoms with Gasteiger partial charge in [0.2, 0.25) is 0 Å². The molecule has 0 aliphatic carbocycles. The maximum atomic E-state index is 4.70. The Bertz CT molecular complexity index is 323. The van der Waals surface area contributed by atoms with Crippen molar-refractivity contribution < 1.29 is 0 Å². The van der Waals surface area contributed by atoms with E-state index in [0.717, 1.165) is 16.9 Å². The fourth-order valence-electron chi connectivity index (χ4n) is 1.55. The highest BCUT2D eigenvalue weighted by Gasteiger charge is 2.28. The Morgan fingerprint density at radius 1 is 1.40 bits per heavy atom. The number of hydrogen-bond donors (Lipinski definition) is 0. The molecule has 4 heteroatoms. The van der Waals surface area contributed by atoms with Gasteiger partial charge in [-0.3, -0.25) is 0 Å². The van der Waals surface area contributed by atoms with Crippen molar-refractivity contribution in [3.63, 3.8) is 0 Å². The molecule has 3 atom stereocenters. The average Bonchev–Trinajstić information content (AvgIpc) is 2.70. The molecule has 0 saturated carbocycles. The Labute approximate surface area is 104 Å². The summed E-state index contributed by atoms with van der Waals surface area (Å²) in [5.41, 5.74) is 1.26. The fourth-order valence-corrected chi connectivity index (χ4v) is 5.66. The van der Waals surface area contributed by atoms with Crippen molar-refractivity contribution in [1.29, 1.82) is 0 Å². The van der Waals surface area contributed by atoms with Crippen molar-refractivity contribution in [2.45, 2.75) is 42.9 Å². The number of thioether (sulfide) groups is 2. The molecule has 1 aliphatic heterocycles. The topological polar surface area (TPSA) is 12.9 Å². The van der Waals surface area contributed by atoms with E-state index in [-0.39, 0.29) is 0 Å². The summed E-state index contributed by atoms with van der Waals surface area (Å²) in [6.45, 7) is 6.84. The molecular weight excluding hydrogens is 242 g/mol. The molecule has 15 heavy (non-hydrogen) atoms. The van der Waals surface area contributed by atoms with E-state index in [1.165, 1.54) is 16.5 Å². The highest BCUT2D eigenvalue weighted by Crippen LogP contribution is 2.44. The summed E-state index contributed by atoms with van der Waals surface area (Å²) in [5, 5.41) is 5.72. The van der Waals surface area contributed by atoms with Crippen molar-refractivity contribution in [2.75, 3.05) is 5.75 Å². The lowest BCUT2D eigenvalue weighted by molar-refractivity contribution is 0.886. The number of aromatic nitrogens is 1. The van der Waals surface area contributed by atoms with Crippen molar-refractivity contribution in [1.82, 2.24) is 4.98 Å². The third-order valence-electron chi connectivity index (χ3n) is 2.76. The second-order valence-electron chi connectivity index (χ2n) is 3.90. The Morgan fingerprint density at radius 3 is 2.80 bits per heavy atom. The molecule has 1 saturated heterocycles. The van der Waals surface area contributed by atoms with Gasteiger partial charge in [-0.25, -0.2) is 4.98 Å². The van der Waals surface area contributed by atoms with E-state index in [2.05, 4.69) is 49.7 Å². The first-order valence-corrected chi connectivity index (χ1v) is 8.29. The van der Waals surface area contributed by atoms with Gasteiger partial charge >= 0.3 is 0 Å². The first-order valence-electron chi connectivity index (χ1n) is 5.42. The summed E-state index contributed by atoms with van der Waals surface area (Å²) in [6, 6.07) is 0. The molecule has 0 radical (unpaired) electrons. The van der Waals surface area contributed by atoms with Crippen molar-refractivity contribution in [3.05, 3.63) is 16.1 Å². The minimum Gasteiger partial charge on any atom is -0.245 e. The van der Waals surface area contributed by atoms with Crippen LogP contribution < -0.4 is 0 Å². The lowest BCUT2D eigenvalue weighted by atomic mass is 10.3. The van der Waals surface area contributed by atoms with Gasteiger partial charge in [0.25, 0.3) is 0 Å². The molecule has 84 valence electrons. The van der Waals surface area contributed by atoms with Gasteiger partial charge in [-0.05, 0) is 6.42 Å². The predicted octanol–water partition coefficient (Wildman–Crippen LogP) is 4.00. The van der Waals surface area contributed by atoms with Crippen LogP contribution in [0.15, 0.2) is 5.38 Å². The highest BCUT2D eigenvalue weighted by atomic mass is 32.2. The minimum atomic E-state index is 0.631. The molecule has 2 heterocycles. The molecule has 3 unspecified atom stereocenters. The van der Waals surface area contributed by atoms with E-state index in [4.69, 9.17) is 4.98 Å². The molecule has 0 amide bonds. The van der Waals surface area contributed by atoms with Gasteiger partial charge in [-0.1, -0.05) is 20.8 Å². The molecule has 1 aromatic rings. The van der Waals surface area contributed by atoms with Crippen molar-refractivity contribution in [2.24, 2.45) is 0 Å². The molecule has 0 N–H and O–H groups in total. The van der Waals surface area contributed by atoms with Crippen LogP contribution in [-0.2, 0) is 6.42 Å². The normalized spacial score (nSPS) is 31.8. The van der Waals surface area contributed by atoms with Crippen LogP contribution in [0.3, 0.4) is 0 Å². The number of hydrogen-bond acceptors (Lipinski definition) is 4. The van der Waals surface area contributed by atoms with Gasteiger partial charge in [0.05, 0.1) is 10.9 Å². The average molecular weight is 259 g/mol. The maximum Gasteiger partial charge on any atom is 0.107 e. The summed E-state index contributed by atoms with van der Waals surface area (Å²) >= 11 is 6.03. The quantitative estimate of drug-likeness (QED) is 0.796. The largest absolute Gasteiger partial charge is 0.245 e. The zero-order valence-electron chi connectivity index (χ0n) is 9.40. The van der Waals surface area contributed by atoms with Gasteiger partial charge < -0.3 is 0 Å². The third-order valence-corrected chi connectivity index (χ3v) is 7.31. The standard InChI is InChI=1S/C11H17NS3/c1-4-9-5-14-11(12-9)10-6-13-7(2)8(3)15-10/h5,7-8,10H,4,6H2,1-3H3. The molecule has 1 nitrogen and oxygen atoms in total. The van der Waals surface area contributed by atoms with Crippen LogP contribution in [0.1, 0.15) is 36.7 Å². The Hall–Kier alpha value is 0.330. The molecule has 0 bridgehead atoms. The van der Waals surface area contributed by atoms with E-state index in [0.29, 0.717) is 5.25 Å². The van der Waals surface area contributed by atoms with Gasteiger partial charge in [0.15, 0.2) is 0 Å². The second kappa shape index (κ2) is 5.11. The van der Waals surface area contributed by atoms with E-state index < -0.39 is 0 Å². The van der Waals surface area contributed by atoms with Gasteiger partial charge in [0, 0.05) is 21.6 Å². The summed E-state index contributed by atoms with van der Waals surface area (Å²) in [5.74, 6) is 1.23. The van der Waals surface area contributed by atoms with Crippen LogP contribution in [0.2, 0.25) is 0 Å². The van der Waals surface area contributed by atoms with Crippen LogP contribution >= 0.6 is 34.9 Å². The zero-order valence-corrected chi connectivity index (χ0v) is 11.8. The lowest BCUT2D eigenvalue weighted by Gasteiger charge is -2.30. The maximum absolute atomic E-state index is 4.70. The number of aryl methyl sites for hydroxylation is 1. The van der Waals surface area contributed by atoms with Gasteiger partial charge in [-0.2, -0.15) is 11.8 Å². The number of rotatable bonds is 2. The molecule has 1 fully saturated rings. The molecular formula is C11H17NS3. The third kappa shape index (κ3) is 2.71. The van der Waals surface area contributed by atoms with E-state index >= 15 is 0 Å². The smallest absolute Gasteiger partial charge is 0.107 e. The van der Waals surface area contributed by atoms with Crippen molar-refractivity contribution in [3.8, 4) is 0 Å². The van der Waals surface area contributed by atoms with E-state index in [9.17, 15) is 0 Å². The predicted molar refractivity (Wildman–Crippen MR) is 73.2 cm³/mol. The first-order chi connectivity index (χ1) is 7.20. The summed E-state index contributed by atoms with van der Waals surface area (Å²) < 4.78 is 0. The highest BCUT2D eigenvalue weighted by molar-refractivity contribution is 8.07. The number of thiazole rings is 1. The van der Waals surface area contributed by atoms with Gasteiger partial charge in [-0.15, -0.1) is 23.1 Å². The van der Waals surface area contributed by atoms with Crippen LogP contribution in [0, 0.1) is 0 Å². The van der Waals surface area contributed by atoms with Crippen LogP contribution in [0.4, 0.5) is 0 Å². The minimum absolute atomic E-state index is 0.631. The Morgan fingerprint density at radius 2 is 2.20 bits per heavy atom. The van der Waals surface area contributed by atoms with E-state index in [1.807, 2.05) is 11.3 Å². The van der Waals surface area contributed by atoms with Gasteiger partial charge in [0.1, 0.15) is 5.01 Å². The monoisotopic (exact) mass is 259 g/mol. The molecule has 0 spiro atoms. The second-order valence-corrected chi connectivity index (χ2v) is 7.78. The molecule has 2 rings (SSSR count). The van der Waals surface area contributed by atoms with E-state index in [1.54, 1.807) is 0 Å². The molecule has 0 aromatic carbocycles. The Kier molecular flexibility index (Phi) is 4.02. The summed E-state index contributed by atoms with van der Waals surface area (Å²) in [4.78, 5) is 4.70. The number of nitrogens with zero attached hydrogens (tertiary/aromatic N) is 1. The van der Waals surface area contributed by atoms with Crippen LogP contribution in [-0.4, -0.2) is 21.2 Å². The summed E-state index contributed by atoms with van der Waals surface area (Å²) in [6.07, 6.45) is 1.06. The first kappa shape index (κ1) is 11.8. The fraction of sp³-hybridized carbons (Fsp3) is 0.727. The summed E-state index contributed by atoms with van der Waals surface area (Å²) in [7, 11) is 0.